The predicted octanol–water partition coefficient (Wildman–Crippen LogP) is 4.74. The average molecular weight is 383 g/mol. The smallest absolute Gasteiger partial charge is 0.145 e. The molecule has 0 spiro atoms. The lowest BCUT2D eigenvalue weighted by atomic mass is 10.2. The molecule has 6 heteroatoms. The highest BCUT2D eigenvalue weighted by Crippen LogP contribution is 2.25. The molecule has 3 aromatic rings. The molecule has 0 radical (unpaired) electrons. The number of benzene rings is 1. The van der Waals surface area contributed by atoms with Crippen LogP contribution in [0.15, 0.2) is 40.2 Å². The van der Waals surface area contributed by atoms with Crippen molar-refractivity contribution >= 4 is 49.1 Å². The number of hydrogen-bond acceptors (Lipinski definition) is 4. The van der Waals surface area contributed by atoms with Crippen molar-refractivity contribution < 1.29 is 0 Å². The molecule has 0 saturated carbocycles. The fraction of sp³-hybridized carbons (Fsp3) is 0.200. The first kappa shape index (κ1) is 14.9. The van der Waals surface area contributed by atoms with Crippen LogP contribution in [0.4, 0.5) is 0 Å². The van der Waals surface area contributed by atoms with E-state index in [-0.39, 0.29) is 0 Å². The summed E-state index contributed by atoms with van der Waals surface area (Å²) in [4.78, 5) is 12.1. The SMILES string of the molecule is CN(Cc1nc(Cl)c2ccsc2n1)Cc1ccccc1Br. The first-order valence-electron chi connectivity index (χ1n) is 6.45. The molecular formula is C15H13BrClN3S. The largest absolute Gasteiger partial charge is 0.295 e. The molecule has 0 amide bonds. The van der Waals surface area contributed by atoms with E-state index < -0.39 is 0 Å². The Morgan fingerprint density at radius 2 is 2.00 bits per heavy atom. The van der Waals surface area contributed by atoms with Crippen LogP contribution in [0.5, 0.6) is 0 Å². The summed E-state index contributed by atoms with van der Waals surface area (Å²) in [5.74, 6) is 0.754. The fourth-order valence-corrected chi connectivity index (χ4v) is 3.65. The number of halogens is 2. The van der Waals surface area contributed by atoms with Crippen LogP contribution in [-0.4, -0.2) is 21.9 Å². The zero-order valence-corrected chi connectivity index (χ0v) is 14.5. The minimum absolute atomic E-state index is 0.533. The van der Waals surface area contributed by atoms with Gasteiger partial charge in [-0.1, -0.05) is 45.7 Å². The topological polar surface area (TPSA) is 29.0 Å². The molecule has 0 aliphatic rings. The maximum atomic E-state index is 6.20. The molecule has 3 rings (SSSR count). The lowest BCUT2D eigenvalue weighted by Gasteiger charge is -2.16. The van der Waals surface area contributed by atoms with Gasteiger partial charge in [0, 0.05) is 16.4 Å². The van der Waals surface area contributed by atoms with Gasteiger partial charge in [0.15, 0.2) is 0 Å². The van der Waals surface area contributed by atoms with Gasteiger partial charge in [-0.25, -0.2) is 9.97 Å². The van der Waals surface area contributed by atoms with Crippen LogP contribution in [0.1, 0.15) is 11.4 Å². The molecule has 0 aliphatic heterocycles. The standard InChI is InChI=1S/C15H13BrClN3S/c1-20(8-10-4-2-3-5-12(10)16)9-13-18-14(17)11-6-7-21-15(11)19-13/h2-7H,8-9H2,1H3. The van der Waals surface area contributed by atoms with Gasteiger partial charge in [-0.3, -0.25) is 4.90 Å². The van der Waals surface area contributed by atoms with Crippen molar-refractivity contribution in [2.75, 3.05) is 7.05 Å². The van der Waals surface area contributed by atoms with E-state index in [1.807, 2.05) is 29.6 Å². The second kappa shape index (κ2) is 6.40. The highest BCUT2D eigenvalue weighted by atomic mass is 79.9. The highest BCUT2D eigenvalue weighted by Gasteiger charge is 2.10. The van der Waals surface area contributed by atoms with Crippen LogP contribution >= 0.6 is 38.9 Å². The molecule has 0 unspecified atom stereocenters. The lowest BCUT2D eigenvalue weighted by molar-refractivity contribution is 0.310. The van der Waals surface area contributed by atoms with Crippen LogP contribution in [0.2, 0.25) is 5.15 Å². The molecule has 0 bridgehead atoms. The Balaban J connectivity index is 1.77. The number of aromatic nitrogens is 2. The van der Waals surface area contributed by atoms with Gasteiger partial charge in [-0.05, 0) is 30.1 Å². The Labute approximate surface area is 140 Å². The van der Waals surface area contributed by atoms with Crippen molar-refractivity contribution in [2.45, 2.75) is 13.1 Å². The molecule has 2 heterocycles. The number of fused-ring (bicyclic) bond motifs is 1. The van der Waals surface area contributed by atoms with Crippen molar-refractivity contribution in [3.05, 3.63) is 56.7 Å². The summed E-state index contributed by atoms with van der Waals surface area (Å²) in [5, 5.41) is 3.45. The van der Waals surface area contributed by atoms with E-state index in [1.54, 1.807) is 11.3 Å². The summed E-state index contributed by atoms with van der Waals surface area (Å²) in [7, 11) is 2.05. The first-order valence-corrected chi connectivity index (χ1v) is 8.50. The minimum atomic E-state index is 0.533. The lowest BCUT2D eigenvalue weighted by Crippen LogP contribution is -2.19. The Morgan fingerprint density at radius 3 is 2.81 bits per heavy atom. The molecule has 108 valence electrons. The van der Waals surface area contributed by atoms with E-state index >= 15 is 0 Å². The van der Waals surface area contributed by atoms with Gasteiger partial charge in [0.25, 0.3) is 0 Å². The molecule has 3 nitrogen and oxygen atoms in total. The summed E-state index contributed by atoms with van der Waals surface area (Å²) >= 11 is 11.4. The van der Waals surface area contributed by atoms with Crippen LogP contribution in [0.25, 0.3) is 10.2 Å². The highest BCUT2D eigenvalue weighted by molar-refractivity contribution is 9.10. The Hall–Kier alpha value is -1.01. The quantitative estimate of drug-likeness (QED) is 0.610. The van der Waals surface area contributed by atoms with Gasteiger partial charge in [0.05, 0.1) is 6.54 Å². The monoisotopic (exact) mass is 381 g/mol. The van der Waals surface area contributed by atoms with Crippen LogP contribution in [-0.2, 0) is 13.1 Å². The Kier molecular flexibility index (Phi) is 4.54. The molecule has 2 aromatic heterocycles. The molecule has 0 saturated heterocycles. The normalized spacial score (nSPS) is 11.4. The molecule has 0 N–H and O–H groups in total. The van der Waals surface area contributed by atoms with E-state index in [9.17, 15) is 0 Å². The maximum absolute atomic E-state index is 6.20. The second-order valence-corrected chi connectivity index (χ2v) is 6.94. The van der Waals surface area contributed by atoms with Gasteiger partial charge in [0.2, 0.25) is 0 Å². The van der Waals surface area contributed by atoms with Gasteiger partial charge in [-0.2, -0.15) is 0 Å². The number of thiophene rings is 1. The summed E-state index contributed by atoms with van der Waals surface area (Å²) < 4.78 is 1.12. The molecule has 1 aromatic carbocycles. The third-order valence-corrected chi connectivity index (χ3v) is 5.00. The number of rotatable bonds is 4. The Morgan fingerprint density at radius 1 is 1.19 bits per heavy atom. The first-order chi connectivity index (χ1) is 10.1. The predicted molar refractivity (Wildman–Crippen MR) is 91.7 cm³/mol. The molecule has 0 fully saturated rings. The number of nitrogens with zero attached hydrogens (tertiary/aromatic N) is 3. The van der Waals surface area contributed by atoms with E-state index in [4.69, 9.17) is 11.6 Å². The molecular weight excluding hydrogens is 370 g/mol. The van der Waals surface area contributed by atoms with Crippen LogP contribution < -0.4 is 0 Å². The molecule has 0 aliphatic carbocycles. The summed E-state index contributed by atoms with van der Waals surface area (Å²) in [6.07, 6.45) is 0. The zero-order valence-electron chi connectivity index (χ0n) is 11.4. The van der Waals surface area contributed by atoms with Crippen molar-refractivity contribution in [3.8, 4) is 0 Å². The molecule has 21 heavy (non-hydrogen) atoms. The summed E-state index contributed by atoms with van der Waals surface area (Å²) in [6.45, 7) is 1.49. The van der Waals surface area contributed by atoms with Crippen LogP contribution in [0.3, 0.4) is 0 Å². The molecule has 0 atom stereocenters. The second-order valence-electron chi connectivity index (χ2n) is 4.83. The van der Waals surface area contributed by atoms with Crippen molar-refractivity contribution in [2.24, 2.45) is 0 Å². The van der Waals surface area contributed by atoms with Gasteiger partial charge in [0.1, 0.15) is 15.8 Å². The average Bonchev–Trinajstić information content (AvgIpc) is 2.90. The van der Waals surface area contributed by atoms with Crippen molar-refractivity contribution in [1.29, 1.82) is 0 Å². The number of hydrogen-bond donors (Lipinski definition) is 0. The fourth-order valence-electron chi connectivity index (χ4n) is 2.15. The van der Waals surface area contributed by atoms with Gasteiger partial charge in [-0.15, -0.1) is 11.3 Å². The summed E-state index contributed by atoms with van der Waals surface area (Å²) in [5.41, 5.74) is 1.24. The van der Waals surface area contributed by atoms with E-state index in [0.29, 0.717) is 11.7 Å². The van der Waals surface area contributed by atoms with E-state index in [0.717, 1.165) is 27.1 Å². The third-order valence-electron chi connectivity index (χ3n) is 3.13. The van der Waals surface area contributed by atoms with Crippen molar-refractivity contribution in [1.82, 2.24) is 14.9 Å². The van der Waals surface area contributed by atoms with Gasteiger partial charge >= 0.3 is 0 Å². The van der Waals surface area contributed by atoms with E-state index in [2.05, 4.69) is 43.9 Å². The van der Waals surface area contributed by atoms with Crippen LogP contribution in [0, 0.1) is 0 Å². The van der Waals surface area contributed by atoms with Gasteiger partial charge < -0.3 is 0 Å². The van der Waals surface area contributed by atoms with E-state index in [1.165, 1.54) is 5.56 Å². The zero-order chi connectivity index (χ0) is 14.8. The Bertz CT molecular complexity index is 774. The summed E-state index contributed by atoms with van der Waals surface area (Å²) in [6, 6.07) is 10.2. The third kappa shape index (κ3) is 3.43. The van der Waals surface area contributed by atoms with Crippen molar-refractivity contribution in [3.63, 3.8) is 0 Å². The maximum Gasteiger partial charge on any atom is 0.145 e. The minimum Gasteiger partial charge on any atom is -0.295 e.